The van der Waals surface area contributed by atoms with Gasteiger partial charge in [-0.1, -0.05) is 32.4 Å². The van der Waals surface area contributed by atoms with Crippen LogP contribution in [0.1, 0.15) is 38.8 Å². The van der Waals surface area contributed by atoms with Gasteiger partial charge >= 0.3 is 5.69 Å². The normalized spacial score (nSPS) is 15.3. The summed E-state index contributed by atoms with van der Waals surface area (Å²) < 4.78 is 14.0. The van der Waals surface area contributed by atoms with Gasteiger partial charge in [-0.25, -0.2) is 9.89 Å². The number of nitrogens with zero attached hydrogens (tertiary/aromatic N) is 4. The maximum atomic E-state index is 12.9. The van der Waals surface area contributed by atoms with Crippen LogP contribution in [0.4, 0.5) is 0 Å². The Kier molecular flexibility index (Phi) is 5.96. The van der Waals surface area contributed by atoms with Crippen molar-refractivity contribution in [3.05, 3.63) is 55.7 Å². The van der Waals surface area contributed by atoms with Gasteiger partial charge in [0.1, 0.15) is 11.4 Å². The molecule has 3 heterocycles. The van der Waals surface area contributed by atoms with Gasteiger partial charge in [-0.3, -0.25) is 4.79 Å². The minimum absolute atomic E-state index is 0.0227. The molecule has 1 aromatic carbocycles. The lowest BCUT2D eigenvalue weighted by molar-refractivity contribution is 0.172. The lowest BCUT2D eigenvalue weighted by Crippen LogP contribution is -2.33. The van der Waals surface area contributed by atoms with Gasteiger partial charge in [0.25, 0.3) is 0 Å². The molecule has 0 bridgehead atoms. The summed E-state index contributed by atoms with van der Waals surface area (Å²) in [6.45, 7) is 7.54. The highest BCUT2D eigenvalue weighted by molar-refractivity contribution is 6.32. The molecule has 1 unspecified atom stereocenters. The van der Waals surface area contributed by atoms with Gasteiger partial charge < -0.3 is 14.0 Å². The number of H-pyrrole nitrogens is 1. The first-order chi connectivity index (χ1) is 15.2. The Hall–Kier alpha value is -2.91. The third kappa shape index (κ3) is 4.10. The molecular formula is C22H26ClN5O4. The predicted molar refractivity (Wildman–Crippen MR) is 121 cm³/mol. The maximum Gasteiger partial charge on any atom is 0.366 e. The summed E-state index contributed by atoms with van der Waals surface area (Å²) in [5.74, 6) is 0.621. The molecule has 0 saturated heterocycles. The first-order valence-corrected chi connectivity index (χ1v) is 10.8. The second-order valence-corrected chi connectivity index (χ2v) is 9.36. The maximum absolute atomic E-state index is 12.9. The molecule has 1 aliphatic rings. The third-order valence-electron chi connectivity index (χ3n) is 5.69. The number of pyridine rings is 1. The molecule has 1 atom stereocenters. The molecule has 1 N–H and O–H groups in total. The second kappa shape index (κ2) is 8.55. The van der Waals surface area contributed by atoms with Gasteiger partial charge in [0.2, 0.25) is 5.43 Å². The fraction of sp³-hybridized carbons (Fsp3) is 0.455. The molecule has 3 aromatic rings. The van der Waals surface area contributed by atoms with E-state index in [1.54, 1.807) is 13.3 Å². The molecule has 0 saturated carbocycles. The van der Waals surface area contributed by atoms with E-state index in [-0.39, 0.29) is 22.6 Å². The van der Waals surface area contributed by atoms with Crippen molar-refractivity contribution in [2.24, 2.45) is 5.41 Å². The average Bonchev–Trinajstić information content (AvgIpc) is 3.15. The van der Waals surface area contributed by atoms with Gasteiger partial charge in [-0.05, 0) is 40.0 Å². The minimum atomic E-state index is -0.565. The molecule has 170 valence electrons. The topological polar surface area (TPSA) is 104 Å². The molecule has 0 radical (unpaired) electrons. The van der Waals surface area contributed by atoms with Crippen LogP contribution in [0, 0.1) is 5.41 Å². The van der Waals surface area contributed by atoms with E-state index in [1.807, 2.05) is 16.7 Å². The number of methoxy groups -OCH3 is 1. The Morgan fingerprint density at radius 2 is 2.00 bits per heavy atom. The van der Waals surface area contributed by atoms with Crippen molar-refractivity contribution in [2.75, 3.05) is 20.3 Å². The molecule has 0 fully saturated rings. The number of rotatable bonds is 6. The monoisotopic (exact) mass is 459 g/mol. The van der Waals surface area contributed by atoms with Gasteiger partial charge in [-0.2, -0.15) is 4.68 Å². The highest BCUT2D eigenvalue weighted by atomic mass is 35.5. The molecule has 10 heteroatoms. The number of benzene rings is 1. The van der Waals surface area contributed by atoms with Gasteiger partial charge in [0, 0.05) is 44.0 Å². The molecule has 32 heavy (non-hydrogen) atoms. The van der Waals surface area contributed by atoms with Gasteiger partial charge in [-0.15, -0.1) is 0 Å². The molecule has 1 aliphatic heterocycles. The number of aromatic amines is 1. The lowest BCUT2D eigenvalue weighted by Gasteiger charge is -2.39. The Balaban J connectivity index is 1.84. The van der Waals surface area contributed by atoms with E-state index >= 15 is 0 Å². The molecule has 0 spiro atoms. The van der Waals surface area contributed by atoms with E-state index in [4.69, 9.17) is 21.1 Å². The fourth-order valence-corrected chi connectivity index (χ4v) is 4.27. The van der Waals surface area contributed by atoms with E-state index < -0.39 is 5.69 Å². The van der Waals surface area contributed by atoms with Gasteiger partial charge in [0.05, 0.1) is 17.3 Å². The van der Waals surface area contributed by atoms with Crippen LogP contribution in [0.2, 0.25) is 5.02 Å². The zero-order valence-electron chi connectivity index (χ0n) is 18.5. The molecule has 4 rings (SSSR count). The Labute approximate surface area is 189 Å². The van der Waals surface area contributed by atoms with Crippen LogP contribution in [0.25, 0.3) is 16.9 Å². The summed E-state index contributed by atoms with van der Waals surface area (Å²) in [5, 5.41) is 9.94. The molecule has 9 nitrogen and oxygen atoms in total. The summed E-state index contributed by atoms with van der Waals surface area (Å²) in [7, 11) is 1.66. The van der Waals surface area contributed by atoms with E-state index in [0.29, 0.717) is 30.4 Å². The highest BCUT2D eigenvalue weighted by Crippen LogP contribution is 2.45. The fourth-order valence-electron chi connectivity index (χ4n) is 4.06. The molecular weight excluding hydrogens is 434 g/mol. The second-order valence-electron chi connectivity index (χ2n) is 8.95. The first kappa shape index (κ1) is 22.3. The molecule has 0 amide bonds. The van der Waals surface area contributed by atoms with Crippen LogP contribution in [0.15, 0.2) is 34.0 Å². The van der Waals surface area contributed by atoms with Crippen molar-refractivity contribution in [3.63, 3.8) is 0 Å². The summed E-state index contributed by atoms with van der Waals surface area (Å²) in [6, 6.07) is 5.36. The zero-order chi connectivity index (χ0) is 23.0. The van der Waals surface area contributed by atoms with Crippen molar-refractivity contribution >= 4 is 11.6 Å². The lowest BCUT2D eigenvalue weighted by atomic mass is 9.79. The van der Waals surface area contributed by atoms with Crippen molar-refractivity contribution < 1.29 is 9.47 Å². The van der Waals surface area contributed by atoms with Crippen LogP contribution in [0.3, 0.4) is 0 Å². The highest BCUT2D eigenvalue weighted by Gasteiger charge is 2.34. The number of tetrazole rings is 1. The Morgan fingerprint density at radius 1 is 1.22 bits per heavy atom. The largest absolute Gasteiger partial charge is 0.492 e. The van der Waals surface area contributed by atoms with E-state index in [2.05, 4.69) is 36.3 Å². The van der Waals surface area contributed by atoms with Gasteiger partial charge in [0.15, 0.2) is 0 Å². The SMILES string of the molecule is COCCCOc1cc2c(cc1Cl)-c1cc(=O)c(-n3nn[nH]c3=O)cn1C(C(C)(C)C)C2. The summed E-state index contributed by atoms with van der Waals surface area (Å²) in [4.78, 5) is 25.0. The predicted octanol–water partition coefficient (Wildman–Crippen LogP) is 3.00. The standard InChI is InChI=1S/C22H26ClN5O4/c1-22(2,3)20-9-13-8-19(32-7-5-6-31-4)15(23)10-14(13)16-11-18(29)17(12-27(16)20)28-21(30)24-25-26-28/h8,10-12,20H,5-7,9H2,1-4H3,(H,24,26,30). The Morgan fingerprint density at radius 3 is 2.66 bits per heavy atom. The number of ether oxygens (including phenoxy) is 2. The average molecular weight is 460 g/mol. The number of halogens is 1. The van der Waals surface area contributed by atoms with Crippen LogP contribution < -0.4 is 15.9 Å². The van der Waals surface area contributed by atoms with E-state index in [0.717, 1.165) is 27.9 Å². The number of nitrogens with one attached hydrogen (secondary N) is 1. The smallest absolute Gasteiger partial charge is 0.366 e. The number of hydrogen-bond donors (Lipinski definition) is 1. The quantitative estimate of drug-likeness (QED) is 0.568. The Bertz CT molecular complexity index is 1250. The van der Waals surface area contributed by atoms with E-state index in [9.17, 15) is 9.59 Å². The minimum Gasteiger partial charge on any atom is -0.492 e. The number of fused-ring (bicyclic) bond motifs is 3. The number of aromatic nitrogens is 5. The summed E-state index contributed by atoms with van der Waals surface area (Å²) >= 11 is 6.53. The molecule has 0 aliphatic carbocycles. The number of hydrogen-bond acceptors (Lipinski definition) is 6. The van der Waals surface area contributed by atoms with Crippen LogP contribution >= 0.6 is 11.6 Å². The summed E-state index contributed by atoms with van der Waals surface area (Å²) in [5.41, 5.74) is 1.79. The van der Waals surface area contributed by atoms with Crippen LogP contribution in [0.5, 0.6) is 5.75 Å². The van der Waals surface area contributed by atoms with Crippen LogP contribution in [-0.4, -0.2) is 45.1 Å². The third-order valence-corrected chi connectivity index (χ3v) is 5.99. The first-order valence-electron chi connectivity index (χ1n) is 10.4. The zero-order valence-corrected chi connectivity index (χ0v) is 19.3. The van der Waals surface area contributed by atoms with Crippen molar-refractivity contribution in [1.82, 2.24) is 24.8 Å². The van der Waals surface area contributed by atoms with Crippen molar-refractivity contribution in [3.8, 4) is 22.7 Å². The van der Waals surface area contributed by atoms with Crippen molar-refractivity contribution in [2.45, 2.75) is 39.7 Å². The summed E-state index contributed by atoms with van der Waals surface area (Å²) in [6.07, 6.45) is 3.16. The molecule has 2 aromatic heterocycles. The van der Waals surface area contributed by atoms with E-state index in [1.165, 1.54) is 6.07 Å². The van der Waals surface area contributed by atoms with Crippen molar-refractivity contribution in [1.29, 1.82) is 0 Å². The van der Waals surface area contributed by atoms with Crippen LogP contribution in [-0.2, 0) is 11.2 Å².